The lowest BCUT2D eigenvalue weighted by molar-refractivity contribution is -0.142. The lowest BCUT2D eigenvalue weighted by atomic mass is 10.1. The van der Waals surface area contributed by atoms with Crippen LogP contribution in [-0.2, 0) is 16.1 Å². The highest BCUT2D eigenvalue weighted by atomic mass is 127. The van der Waals surface area contributed by atoms with Gasteiger partial charge in [0.05, 0.1) is 0 Å². The van der Waals surface area contributed by atoms with Crippen molar-refractivity contribution < 1.29 is 18.7 Å². The van der Waals surface area contributed by atoms with E-state index in [1.165, 1.54) is 11.0 Å². The van der Waals surface area contributed by atoms with E-state index in [9.17, 15) is 14.0 Å². The Morgan fingerprint density at radius 1 is 1.10 bits per heavy atom. The van der Waals surface area contributed by atoms with E-state index in [0.717, 1.165) is 3.57 Å². The van der Waals surface area contributed by atoms with Gasteiger partial charge < -0.3 is 15.0 Å². The molecule has 0 aliphatic rings. The molecule has 156 valence electrons. The van der Waals surface area contributed by atoms with Crippen molar-refractivity contribution in [3.63, 3.8) is 0 Å². The summed E-state index contributed by atoms with van der Waals surface area (Å²) in [4.78, 5) is 26.8. The van der Waals surface area contributed by atoms with Crippen LogP contribution in [0.1, 0.15) is 26.3 Å². The number of amides is 2. The third kappa shape index (κ3) is 7.30. The van der Waals surface area contributed by atoms with E-state index in [4.69, 9.17) is 4.74 Å². The molecule has 0 heterocycles. The highest BCUT2D eigenvalue weighted by Crippen LogP contribution is 2.16. The lowest BCUT2D eigenvalue weighted by Gasteiger charge is -2.29. The number of hydrogen-bond acceptors (Lipinski definition) is 3. The molecule has 0 spiro atoms. The second-order valence-corrected chi connectivity index (χ2v) is 8.42. The maximum atomic E-state index is 14.1. The van der Waals surface area contributed by atoms with Gasteiger partial charge in [0.1, 0.15) is 17.6 Å². The molecule has 29 heavy (non-hydrogen) atoms. The molecule has 0 aromatic heterocycles. The summed E-state index contributed by atoms with van der Waals surface area (Å²) in [7, 11) is 0. The Hall–Kier alpha value is -2.16. The van der Waals surface area contributed by atoms with Gasteiger partial charge in [-0.25, -0.2) is 4.39 Å². The van der Waals surface area contributed by atoms with Gasteiger partial charge in [-0.15, -0.1) is 0 Å². The zero-order valence-corrected chi connectivity index (χ0v) is 19.0. The maximum absolute atomic E-state index is 14.1. The van der Waals surface area contributed by atoms with Gasteiger partial charge in [0, 0.05) is 22.2 Å². The van der Waals surface area contributed by atoms with E-state index in [1.54, 1.807) is 37.3 Å². The van der Waals surface area contributed by atoms with Gasteiger partial charge in [-0.05, 0) is 65.8 Å². The average Bonchev–Trinajstić information content (AvgIpc) is 2.70. The molecule has 5 nitrogen and oxygen atoms in total. The van der Waals surface area contributed by atoms with Crippen molar-refractivity contribution in [1.82, 2.24) is 10.2 Å². The molecule has 0 fully saturated rings. The van der Waals surface area contributed by atoms with Crippen LogP contribution in [0, 0.1) is 15.3 Å². The van der Waals surface area contributed by atoms with Gasteiger partial charge in [0.25, 0.3) is 5.91 Å². The van der Waals surface area contributed by atoms with Crippen LogP contribution in [0.3, 0.4) is 0 Å². The van der Waals surface area contributed by atoms with Gasteiger partial charge in [0.15, 0.2) is 6.61 Å². The zero-order chi connectivity index (χ0) is 21.4. The summed E-state index contributed by atoms with van der Waals surface area (Å²) in [6.07, 6.45) is 0. The van der Waals surface area contributed by atoms with Crippen molar-refractivity contribution in [3.05, 3.63) is 63.5 Å². The summed E-state index contributed by atoms with van der Waals surface area (Å²) in [6.45, 7) is 5.86. The second kappa shape index (κ2) is 11.1. The minimum Gasteiger partial charge on any atom is -0.484 e. The van der Waals surface area contributed by atoms with Crippen molar-refractivity contribution in [3.8, 4) is 5.75 Å². The fourth-order valence-electron chi connectivity index (χ4n) is 2.60. The molecule has 2 rings (SSSR count). The highest BCUT2D eigenvalue weighted by Gasteiger charge is 2.27. The molecule has 7 heteroatoms. The van der Waals surface area contributed by atoms with Crippen molar-refractivity contribution in [1.29, 1.82) is 0 Å². The van der Waals surface area contributed by atoms with Crippen LogP contribution >= 0.6 is 22.6 Å². The number of carbonyl (C=O) groups is 2. The molecule has 0 saturated carbocycles. The predicted octanol–water partition coefficient (Wildman–Crippen LogP) is 4.00. The fourth-order valence-corrected chi connectivity index (χ4v) is 2.96. The summed E-state index contributed by atoms with van der Waals surface area (Å²) in [6, 6.07) is 12.8. The Bertz CT molecular complexity index is 827. The number of nitrogens with one attached hydrogen (secondary N) is 1. The first-order valence-corrected chi connectivity index (χ1v) is 10.5. The number of carbonyl (C=O) groups excluding carboxylic acids is 2. The summed E-state index contributed by atoms with van der Waals surface area (Å²) < 4.78 is 20.8. The van der Waals surface area contributed by atoms with Gasteiger partial charge in [0.2, 0.25) is 5.91 Å². The number of benzene rings is 2. The minimum atomic E-state index is -0.763. The van der Waals surface area contributed by atoms with Gasteiger partial charge in [-0.1, -0.05) is 32.0 Å². The number of hydrogen-bond donors (Lipinski definition) is 1. The van der Waals surface area contributed by atoms with E-state index in [1.807, 2.05) is 26.0 Å². The third-order valence-corrected chi connectivity index (χ3v) is 5.05. The number of rotatable bonds is 9. The highest BCUT2D eigenvalue weighted by molar-refractivity contribution is 14.1. The molecular weight excluding hydrogens is 486 g/mol. The lowest BCUT2D eigenvalue weighted by Crippen LogP contribution is -2.49. The Morgan fingerprint density at radius 2 is 1.76 bits per heavy atom. The summed E-state index contributed by atoms with van der Waals surface area (Å²) in [5.74, 6) is -0.247. The maximum Gasteiger partial charge on any atom is 0.261 e. The molecule has 2 amide bonds. The van der Waals surface area contributed by atoms with Crippen molar-refractivity contribution >= 4 is 34.4 Å². The number of nitrogens with zero attached hydrogens (tertiary/aromatic N) is 1. The second-order valence-electron chi connectivity index (χ2n) is 7.17. The Kier molecular flexibility index (Phi) is 8.88. The first-order chi connectivity index (χ1) is 13.8. The normalized spacial score (nSPS) is 11.8. The van der Waals surface area contributed by atoms with Crippen LogP contribution in [0.2, 0.25) is 0 Å². The smallest absolute Gasteiger partial charge is 0.261 e. The van der Waals surface area contributed by atoms with Crippen molar-refractivity contribution in [2.24, 2.45) is 5.92 Å². The van der Waals surface area contributed by atoms with Gasteiger partial charge >= 0.3 is 0 Å². The number of halogens is 2. The Balaban J connectivity index is 2.13. The third-order valence-electron chi connectivity index (χ3n) is 4.33. The van der Waals surface area contributed by atoms with Crippen molar-refractivity contribution in [2.75, 3.05) is 13.2 Å². The standard InChI is InChI=1S/C22H26FIN2O3/c1-15(2)12-25-22(28)16(3)26(13-17-6-4-5-7-20(17)23)21(27)14-29-19-10-8-18(24)9-11-19/h4-11,15-16H,12-14H2,1-3H3,(H,25,28)/t16-/m0/s1. The largest absolute Gasteiger partial charge is 0.484 e. The SMILES string of the molecule is CC(C)CNC(=O)[C@H](C)N(Cc1ccccc1F)C(=O)COc1ccc(I)cc1. The molecule has 2 aromatic rings. The zero-order valence-electron chi connectivity index (χ0n) is 16.8. The van der Waals surface area contributed by atoms with Crippen LogP contribution < -0.4 is 10.1 Å². The summed E-state index contributed by atoms with van der Waals surface area (Å²) >= 11 is 2.18. The number of ether oxygens (including phenoxy) is 1. The average molecular weight is 512 g/mol. The van der Waals surface area contributed by atoms with E-state index in [-0.39, 0.29) is 30.9 Å². The van der Waals surface area contributed by atoms with E-state index >= 15 is 0 Å². The van der Waals surface area contributed by atoms with Gasteiger partial charge in [-0.2, -0.15) is 0 Å². The summed E-state index contributed by atoms with van der Waals surface area (Å²) in [5.41, 5.74) is 0.346. The topological polar surface area (TPSA) is 58.6 Å². The monoisotopic (exact) mass is 512 g/mol. The molecule has 0 unspecified atom stereocenters. The molecule has 0 bridgehead atoms. The first kappa shape index (κ1) is 23.1. The molecule has 0 aliphatic carbocycles. The Morgan fingerprint density at radius 3 is 2.38 bits per heavy atom. The molecule has 2 aromatic carbocycles. The van der Waals surface area contributed by atoms with E-state index < -0.39 is 11.9 Å². The minimum absolute atomic E-state index is 0.0161. The van der Waals surface area contributed by atoms with Gasteiger partial charge in [-0.3, -0.25) is 9.59 Å². The van der Waals surface area contributed by atoms with E-state index in [2.05, 4.69) is 27.9 Å². The predicted molar refractivity (Wildman–Crippen MR) is 119 cm³/mol. The molecule has 1 atom stereocenters. The molecular formula is C22H26FIN2O3. The summed E-state index contributed by atoms with van der Waals surface area (Å²) in [5, 5.41) is 2.83. The van der Waals surface area contributed by atoms with E-state index in [0.29, 0.717) is 17.9 Å². The van der Waals surface area contributed by atoms with Crippen LogP contribution in [0.5, 0.6) is 5.75 Å². The Labute approximate surface area is 184 Å². The first-order valence-electron chi connectivity index (χ1n) is 9.47. The van der Waals surface area contributed by atoms with Crippen LogP contribution in [0.15, 0.2) is 48.5 Å². The quantitative estimate of drug-likeness (QED) is 0.517. The van der Waals surface area contributed by atoms with Crippen LogP contribution in [0.4, 0.5) is 4.39 Å². The van der Waals surface area contributed by atoms with Crippen LogP contribution in [0.25, 0.3) is 0 Å². The molecule has 0 saturated heterocycles. The van der Waals surface area contributed by atoms with Crippen LogP contribution in [-0.4, -0.2) is 35.9 Å². The molecule has 1 N–H and O–H groups in total. The fraction of sp³-hybridized carbons (Fsp3) is 0.364. The molecule has 0 radical (unpaired) electrons. The molecule has 0 aliphatic heterocycles. The van der Waals surface area contributed by atoms with Crippen molar-refractivity contribution in [2.45, 2.75) is 33.4 Å².